The Labute approximate surface area is 643 Å². The minimum absolute atomic E-state index is 0. The second-order valence-electron chi connectivity index (χ2n) is 16.2. The summed E-state index contributed by atoms with van der Waals surface area (Å²) < 4.78 is 272. The van der Waals surface area contributed by atoms with Crippen LogP contribution in [0.15, 0.2) is 112 Å². The average Bonchev–Trinajstić information content (AvgIpc) is 0.797. The first-order valence-corrected chi connectivity index (χ1v) is 33.3. The number of fused-ring (bicyclic) bond motifs is 2. The summed E-state index contributed by atoms with van der Waals surface area (Å²) in [6, 6.07) is 9.60. The van der Waals surface area contributed by atoms with Crippen LogP contribution in [0.25, 0.3) is 12.2 Å². The Morgan fingerprint density at radius 1 is 0.438 bits per heavy atom. The molecule has 35 nitrogen and oxygen atoms in total. The first-order chi connectivity index (χ1) is 38.1. The second kappa shape index (κ2) is 33.2. The summed E-state index contributed by atoms with van der Waals surface area (Å²) in [7, 11) is -41.7. The molecule has 0 unspecified atom stereocenters. The molecule has 0 fully saturated rings. The van der Waals surface area contributed by atoms with Gasteiger partial charge in [-0.15, -0.1) is 0 Å². The summed E-state index contributed by atoms with van der Waals surface area (Å²) in [5.74, 6) is -6.72. The monoisotopic (exact) mass is 1460 g/mol. The topological polar surface area (TPSA) is 576 Å². The summed E-state index contributed by atoms with van der Waals surface area (Å²) in [6.07, 6.45) is 0.878. The Morgan fingerprint density at radius 2 is 0.753 bits per heavy atom. The first-order valence-electron chi connectivity index (χ1n) is 21.3. The van der Waals surface area contributed by atoms with Gasteiger partial charge in [0.05, 0.1) is 88.0 Å². The molecule has 0 radical (unpaired) electrons. The van der Waals surface area contributed by atoms with Crippen LogP contribution in [0.2, 0.25) is 5.28 Å². The number of aromatic nitrogens is 3. The molecule has 2 aliphatic carbocycles. The Kier molecular flexibility index (Phi) is 32.0. The largest absolute Gasteiger partial charge is 1.00 e. The standard InChI is InChI=1S/C39H32ClN9O26S8.6Na/c40-37-43-38(41-27-17-25(78(56,57)58)13-19-15-29(80(62,63)64)33(35(50)31(19)27)48-46-21-1-5-23(6-2-21)76(52,53)11-9-74-82(68,69)70)45-39(44-37)42-28-18-26(79(59,60)61)14-20-16-30(81(65,66)67)34(36(51)32(20)28)49-47-22-3-7-24(8-4-22)77(54,55)12-10-75-83(71,72)73;;;;;;/h1-8,13-18,46-47H,9-12H2,(H,56,57,58)(H,59,60,61)(H,62,63,64)(H,65,66,67)(H,68,69,70)(H,71,72,73)(H2,41,42,43,44,45);;;;;;/q;6*+1/p-6/b48-33-,49-34-;;;;;;. The Bertz CT molecular complexity index is 4420. The molecule has 1 aromatic heterocycles. The molecule has 0 bridgehead atoms. The minimum Gasteiger partial charge on any atom is -0.744 e. The fourth-order valence-corrected chi connectivity index (χ4v) is 12.6. The number of halogens is 1. The number of sulfone groups is 2. The Morgan fingerprint density at radius 3 is 1.03 bits per heavy atom. The normalized spacial score (nSPS) is 14.5. The second-order valence-corrected chi connectivity index (χ2v) is 28.3. The van der Waals surface area contributed by atoms with Crippen LogP contribution >= 0.6 is 11.6 Å². The molecular weight excluding hydrogens is 1440 g/mol. The van der Waals surface area contributed by atoms with Gasteiger partial charge in [0, 0.05) is 0 Å². The molecular formula is C39H26ClN9Na6O26S8. The van der Waals surface area contributed by atoms with Gasteiger partial charge in [0.1, 0.15) is 51.9 Å². The third kappa shape index (κ3) is 23.0. The fourth-order valence-electron chi connectivity index (χ4n) is 7.11. The van der Waals surface area contributed by atoms with Crippen molar-refractivity contribution in [3.63, 3.8) is 0 Å². The van der Waals surface area contributed by atoms with Crippen molar-refractivity contribution >= 4 is 162 Å². The number of hydrogen-bond acceptors (Lipinski definition) is 35. The zero-order valence-corrected chi connectivity index (χ0v) is 65.2. The molecule has 5 aromatic rings. The van der Waals surface area contributed by atoms with Gasteiger partial charge in [-0.25, -0.2) is 67.3 Å². The Balaban J connectivity index is 0.00000660. The molecule has 1 heterocycles. The summed E-state index contributed by atoms with van der Waals surface area (Å²) in [6.45, 7) is -2.10. The number of anilines is 6. The van der Waals surface area contributed by atoms with Crippen LogP contribution in [-0.2, 0) is 89.3 Å². The van der Waals surface area contributed by atoms with Crippen molar-refractivity contribution in [3.05, 3.63) is 110 Å². The van der Waals surface area contributed by atoms with E-state index in [0.29, 0.717) is 36.4 Å². The maximum atomic E-state index is 14.3. The zero-order chi connectivity index (χ0) is 61.6. The number of carbonyl (C=O) groups excluding carboxylic acids is 2. The Hall–Kier alpha value is -1.18. The molecule has 444 valence electrons. The number of benzene rings is 4. The molecule has 2 aliphatic rings. The number of nitrogens with one attached hydrogen (secondary N) is 4. The smallest absolute Gasteiger partial charge is 0.744 e. The van der Waals surface area contributed by atoms with E-state index in [4.69, 9.17) is 11.6 Å². The molecule has 50 heteroatoms. The fraction of sp³-hybridized carbons (Fsp3) is 0.103. The van der Waals surface area contributed by atoms with Crippen molar-refractivity contribution in [2.24, 2.45) is 10.2 Å². The number of nitrogens with zero attached hydrogens (tertiary/aromatic N) is 5. The number of allylic oxidation sites excluding steroid dienone is 2. The van der Waals surface area contributed by atoms with E-state index in [2.05, 4.69) is 55.0 Å². The van der Waals surface area contributed by atoms with E-state index < -0.39 is 209 Å². The number of rotatable bonds is 22. The van der Waals surface area contributed by atoms with Gasteiger partial charge in [-0.3, -0.25) is 28.8 Å². The van der Waals surface area contributed by atoms with E-state index in [1.54, 1.807) is 0 Å². The van der Waals surface area contributed by atoms with Gasteiger partial charge in [-0.1, -0.05) is 0 Å². The van der Waals surface area contributed by atoms with Gasteiger partial charge in [0.2, 0.25) is 49.5 Å². The molecule has 0 spiro atoms. The summed E-state index contributed by atoms with van der Waals surface area (Å²) in [5.41, 5.74) is -3.02. The summed E-state index contributed by atoms with van der Waals surface area (Å²) in [5, 5.41) is 11.2. The number of hydrazone groups is 2. The van der Waals surface area contributed by atoms with Crippen molar-refractivity contribution in [2.75, 3.05) is 46.2 Å². The van der Waals surface area contributed by atoms with Crippen molar-refractivity contribution in [2.45, 2.75) is 19.6 Å². The van der Waals surface area contributed by atoms with Crippen LogP contribution in [0, 0.1) is 0 Å². The van der Waals surface area contributed by atoms with Gasteiger partial charge < -0.3 is 38.0 Å². The van der Waals surface area contributed by atoms with E-state index in [1.807, 2.05) is 0 Å². The van der Waals surface area contributed by atoms with Crippen molar-refractivity contribution in [1.29, 1.82) is 0 Å². The number of Topliss-reactive ketones (excluding diaryl/α,β-unsaturated/α-hetero) is 2. The molecule has 4 N–H and O–H groups in total. The number of carbonyl (C=O) groups is 2. The van der Waals surface area contributed by atoms with Crippen LogP contribution in [0.4, 0.5) is 34.6 Å². The van der Waals surface area contributed by atoms with E-state index in [-0.39, 0.29) is 189 Å². The van der Waals surface area contributed by atoms with Crippen LogP contribution < -0.4 is 199 Å². The third-order valence-electron chi connectivity index (χ3n) is 10.6. The van der Waals surface area contributed by atoms with Gasteiger partial charge in [-0.05, 0) is 108 Å². The van der Waals surface area contributed by atoms with E-state index in [9.17, 15) is 104 Å². The molecule has 0 amide bonds. The van der Waals surface area contributed by atoms with Crippen molar-refractivity contribution < 1.29 is 290 Å². The molecule has 89 heavy (non-hydrogen) atoms. The van der Waals surface area contributed by atoms with Crippen LogP contribution in [0.1, 0.15) is 31.8 Å². The number of hydrogen-bond donors (Lipinski definition) is 4. The van der Waals surface area contributed by atoms with E-state index in [0.717, 1.165) is 48.5 Å². The molecule has 0 saturated heterocycles. The number of ketones is 2. The summed E-state index contributed by atoms with van der Waals surface area (Å²) >= 11 is 6.18. The third-order valence-corrected chi connectivity index (χ3v) is 18.4. The van der Waals surface area contributed by atoms with Crippen molar-refractivity contribution in [3.8, 4) is 0 Å². The molecule has 0 aliphatic heterocycles. The van der Waals surface area contributed by atoms with E-state index >= 15 is 0 Å². The maximum absolute atomic E-state index is 14.3. The summed E-state index contributed by atoms with van der Waals surface area (Å²) in [4.78, 5) is 33.9. The molecule has 0 atom stereocenters. The van der Waals surface area contributed by atoms with Crippen LogP contribution in [0.5, 0.6) is 0 Å². The van der Waals surface area contributed by atoms with E-state index in [1.165, 1.54) is 0 Å². The molecule has 7 rings (SSSR count). The average molecular weight is 1470 g/mol. The molecule has 4 aromatic carbocycles. The molecule has 0 saturated carbocycles. The predicted molar refractivity (Wildman–Crippen MR) is 275 cm³/mol. The quantitative estimate of drug-likeness (QED) is 0.0216. The van der Waals surface area contributed by atoms with Crippen LogP contribution in [-0.4, -0.2) is 157 Å². The predicted octanol–water partition coefficient (Wildman–Crippen LogP) is -18.6. The SMILES string of the molecule is O=C1/C(=N\Nc2ccc(S(=O)(=O)CCOS(=O)(=O)[O-])cc2)C(S(=O)(=O)[O-])=Cc2cc(S(=O)(=O)[O-])cc(Nc3nc(Cl)nc(Nc4cc(S(=O)(=O)[O-])cc5c4C(=O)/C(=N\Nc4ccc(S(=O)(=O)CCOS(=O)(=O)[O-])cc4)C(S(=O)(=O)[O-])=C5)n3)c21.[Na+].[Na+].[Na+].[Na+].[Na+].[Na+]. The maximum Gasteiger partial charge on any atom is 1.00 e. The van der Waals surface area contributed by atoms with Gasteiger partial charge in [0.25, 0.3) is 0 Å². The zero-order valence-electron chi connectivity index (χ0n) is 45.9. The minimum atomic E-state index is -5.75. The first kappa shape index (κ1) is 85.8. The van der Waals surface area contributed by atoms with Crippen molar-refractivity contribution in [1.82, 2.24) is 15.0 Å². The van der Waals surface area contributed by atoms with Gasteiger partial charge in [0.15, 0.2) is 19.7 Å². The van der Waals surface area contributed by atoms with Gasteiger partial charge >= 0.3 is 177 Å². The van der Waals surface area contributed by atoms with Crippen LogP contribution in [0.3, 0.4) is 0 Å². The van der Waals surface area contributed by atoms with Gasteiger partial charge in [-0.2, -0.15) is 25.2 Å².